The maximum Gasteiger partial charge on any atom is 2.00 e. The van der Waals surface area contributed by atoms with Crippen molar-refractivity contribution in [3.8, 4) is 56.3 Å². The second kappa shape index (κ2) is 16.7. The van der Waals surface area contributed by atoms with E-state index in [1.807, 2.05) is 30.7 Å². The Kier molecular flexibility index (Phi) is 10.7. The van der Waals surface area contributed by atoms with E-state index < -0.39 is 0 Å². The zero-order chi connectivity index (χ0) is 46.6. The molecule has 0 atom stereocenters. The fourth-order valence-corrected chi connectivity index (χ4v) is 10.6. The van der Waals surface area contributed by atoms with E-state index in [0.717, 1.165) is 94.4 Å². The summed E-state index contributed by atoms with van der Waals surface area (Å²) in [6.45, 7) is 17.8. The van der Waals surface area contributed by atoms with Gasteiger partial charge in [-0.05, 0) is 160 Å². The third-order valence-corrected chi connectivity index (χ3v) is 14.0. The van der Waals surface area contributed by atoms with Crippen molar-refractivity contribution in [1.82, 2.24) is 29.1 Å². The minimum absolute atomic E-state index is 0. The van der Waals surface area contributed by atoms with Crippen molar-refractivity contribution in [2.45, 2.75) is 60.8 Å². The number of rotatable bonds is 6. The Labute approximate surface area is 417 Å². The van der Waals surface area contributed by atoms with Crippen molar-refractivity contribution >= 4 is 54.6 Å². The van der Waals surface area contributed by atoms with E-state index in [1.54, 1.807) is 0 Å². The van der Waals surface area contributed by atoms with Crippen molar-refractivity contribution in [2.75, 3.05) is 0 Å². The van der Waals surface area contributed by atoms with Crippen LogP contribution in [0, 0.1) is 40.7 Å². The van der Waals surface area contributed by atoms with Gasteiger partial charge >= 0.3 is 21.1 Å². The van der Waals surface area contributed by atoms with Crippen LogP contribution in [0.5, 0.6) is 0 Å². The Hall–Kier alpha value is -7.40. The van der Waals surface area contributed by atoms with Crippen LogP contribution in [0.25, 0.3) is 111 Å². The molecule has 0 spiro atoms. The molecule has 0 aliphatic heterocycles. The van der Waals surface area contributed by atoms with Crippen molar-refractivity contribution in [2.24, 2.45) is 0 Å². The average Bonchev–Trinajstić information content (AvgIpc) is 4.02. The first-order valence-electron chi connectivity index (χ1n) is 23.5. The first kappa shape index (κ1) is 44.1. The molecule has 0 N–H and O–H groups in total. The summed E-state index contributed by atoms with van der Waals surface area (Å²) in [5.41, 5.74) is 21.9. The molecule has 0 saturated heterocycles. The molecule has 5 heterocycles. The van der Waals surface area contributed by atoms with Gasteiger partial charge in [-0.15, -0.1) is 34.8 Å². The fraction of sp³-hybridized carbons (Fsp3) is 0.145. The third-order valence-electron chi connectivity index (χ3n) is 14.0. The molecular weight excluding hydrogens is 1020 g/mol. The van der Waals surface area contributed by atoms with Crippen LogP contribution >= 0.6 is 0 Å². The molecule has 0 amide bonds. The summed E-state index contributed by atoms with van der Waals surface area (Å²) in [5, 5.41) is 4.58. The van der Waals surface area contributed by atoms with Gasteiger partial charge in [0.2, 0.25) is 0 Å². The summed E-state index contributed by atoms with van der Waals surface area (Å²) in [7, 11) is 0. The van der Waals surface area contributed by atoms with Gasteiger partial charge in [-0.1, -0.05) is 116 Å². The van der Waals surface area contributed by atoms with E-state index in [9.17, 15) is 0 Å². The predicted octanol–water partition coefficient (Wildman–Crippen LogP) is 15.5. The molecule has 0 unspecified atom stereocenters. The monoisotopic (exact) mass is 1070 g/mol. The largest absolute Gasteiger partial charge is 2.00 e. The van der Waals surface area contributed by atoms with Gasteiger partial charge in [-0.25, -0.2) is 9.97 Å². The first-order valence-corrected chi connectivity index (χ1v) is 23.5. The summed E-state index contributed by atoms with van der Waals surface area (Å²) in [5.74, 6) is 1.67. The SMILES string of the molecule is Cc1cc(C)c(-c2ccc(-c3nc4c(-c5[c-]c6c(cc5)c5cc(C(C)(C)C)ccc5n6-c5cc(-c6ccncc6)ccn5)cccc4n3-c3ccc(C)c(C)c3)c3[n-]c4ccccc4c23)c(C)c1.[Pt+2]. The summed E-state index contributed by atoms with van der Waals surface area (Å²) < 4.78 is 4.60. The number of pyridine rings is 2. The Morgan fingerprint density at radius 2 is 1.33 bits per heavy atom. The van der Waals surface area contributed by atoms with Crippen molar-refractivity contribution < 1.29 is 21.1 Å². The molecule has 6 nitrogen and oxygen atoms in total. The van der Waals surface area contributed by atoms with E-state index in [-0.39, 0.29) is 26.5 Å². The van der Waals surface area contributed by atoms with E-state index in [2.05, 4.69) is 203 Å². The zero-order valence-corrected chi connectivity index (χ0v) is 42.3. The van der Waals surface area contributed by atoms with Crippen LogP contribution in [-0.4, -0.2) is 24.1 Å². The molecule has 0 fully saturated rings. The summed E-state index contributed by atoms with van der Waals surface area (Å²) in [6, 6.07) is 54.5. The fourth-order valence-electron chi connectivity index (χ4n) is 10.6. The number of aryl methyl sites for hydroxylation is 5. The van der Waals surface area contributed by atoms with Crippen LogP contribution in [0.3, 0.4) is 0 Å². The average molecular weight is 1070 g/mol. The number of hydrogen-bond donors (Lipinski definition) is 0. The third kappa shape index (κ3) is 7.23. The van der Waals surface area contributed by atoms with E-state index in [0.29, 0.717) is 0 Å². The van der Waals surface area contributed by atoms with Gasteiger partial charge in [0, 0.05) is 35.4 Å². The summed E-state index contributed by atoms with van der Waals surface area (Å²) in [4.78, 5) is 20.4. The number of para-hydroxylation sites is 2. The topological polar surface area (TPSA) is 62.6 Å². The molecule has 7 aromatic carbocycles. The van der Waals surface area contributed by atoms with Crippen molar-refractivity contribution in [3.63, 3.8) is 0 Å². The molecular formula is C62H50N6Pt. The Morgan fingerprint density at radius 1 is 0.565 bits per heavy atom. The van der Waals surface area contributed by atoms with Gasteiger partial charge in [0.25, 0.3) is 0 Å². The molecule has 0 aliphatic rings. The Balaban J connectivity index is 0.00000520. The number of imidazole rings is 1. The number of benzene rings is 7. The second-order valence-corrected chi connectivity index (χ2v) is 19.6. The van der Waals surface area contributed by atoms with Crippen LogP contribution in [0.1, 0.15) is 54.2 Å². The molecule has 0 aliphatic carbocycles. The molecule has 69 heavy (non-hydrogen) atoms. The van der Waals surface area contributed by atoms with Gasteiger partial charge in [-0.3, -0.25) is 9.55 Å². The van der Waals surface area contributed by atoms with Crippen LogP contribution in [0.15, 0.2) is 158 Å². The van der Waals surface area contributed by atoms with Crippen molar-refractivity contribution in [1.29, 1.82) is 0 Å². The van der Waals surface area contributed by atoms with E-state index >= 15 is 0 Å². The zero-order valence-electron chi connectivity index (χ0n) is 40.0. The summed E-state index contributed by atoms with van der Waals surface area (Å²) in [6.07, 6.45) is 5.57. The minimum atomic E-state index is -0.0248. The quantitative estimate of drug-likeness (QED) is 0.156. The van der Waals surface area contributed by atoms with E-state index in [1.165, 1.54) is 49.9 Å². The molecule has 0 radical (unpaired) electrons. The number of hydrogen-bond acceptors (Lipinski definition) is 3. The predicted molar refractivity (Wildman–Crippen MR) is 282 cm³/mol. The van der Waals surface area contributed by atoms with Crippen molar-refractivity contribution in [3.05, 3.63) is 198 Å². The smallest absolute Gasteiger partial charge is 0.656 e. The van der Waals surface area contributed by atoms with Gasteiger partial charge < -0.3 is 9.55 Å². The first-order chi connectivity index (χ1) is 32.9. The number of nitrogens with zero attached hydrogens (tertiary/aromatic N) is 6. The number of fused-ring (bicyclic) bond motifs is 7. The summed E-state index contributed by atoms with van der Waals surface area (Å²) >= 11 is 0. The normalized spacial score (nSPS) is 11.9. The molecule has 5 aromatic heterocycles. The molecule has 12 rings (SSSR count). The molecule has 7 heteroatoms. The Morgan fingerprint density at radius 3 is 2.12 bits per heavy atom. The van der Waals surface area contributed by atoms with Gasteiger partial charge in [-0.2, -0.15) is 0 Å². The van der Waals surface area contributed by atoms with Gasteiger partial charge in [0.15, 0.2) is 0 Å². The van der Waals surface area contributed by atoms with Gasteiger partial charge in [0.1, 0.15) is 11.6 Å². The molecule has 338 valence electrons. The molecule has 0 bridgehead atoms. The van der Waals surface area contributed by atoms with Crippen LogP contribution < -0.4 is 4.98 Å². The second-order valence-electron chi connectivity index (χ2n) is 19.6. The van der Waals surface area contributed by atoms with Crippen LogP contribution in [-0.2, 0) is 26.5 Å². The Bertz CT molecular complexity index is 3990. The minimum Gasteiger partial charge on any atom is -0.656 e. The molecule has 0 saturated carbocycles. The van der Waals surface area contributed by atoms with Gasteiger partial charge in [0.05, 0.1) is 11.0 Å². The van der Waals surface area contributed by atoms with Crippen LogP contribution in [0.2, 0.25) is 0 Å². The van der Waals surface area contributed by atoms with Crippen LogP contribution in [0.4, 0.5) is 0 Å². The maximum atomic E-state index is 5.72. The number of aromatic nitrogens is 6. The maximum absolute atomic E-state index is 5.72. The standard InChI is InChI=1S/C62H50N6.Pt/c1-36-30-39(4)57(40(5)31-36)49-21-22-50(60-58(49)48-12-9-10-14-52(48)65-60)61-66-59-46(13-11-15-54(59)67(61)45-19-16-37(2)38(3)32-45)43-17-20-47-51-35-44(62(6,7)8)18-23-53(51)68(55(47)33-43)56-34-42(26-29-64-56)41-24-27-63-28-25-41;/h9-32,34-35H,1-8H3;/q-2;+2. The van der Waals surface area contributed by atoms with E-state index in [4.69, 9.17) is 15.0 Å². The molecule has 12 aromatic rings.